The lowest BCUT2D eigenvalue weighted by atomic mass is 9.85. The van der Waals surface area contributed by atoms with E-state index in [2.05, 4.69) is 55.6 Å². The minimum atomic E-state index is 0.363. The molecule has 0 saturated carbocycles. The lowest BCUT2D eigenvalue weighted by Crippen LogP contribution is -2.22. The Hall–Kier alpha value is -1.41. The van der Waals surface area contributed by atoms with Crippen LogP contribution >= 0.6 is 11.3 Å². The molecular formula is C15H15NS. The normalized spacial score (nSPS) is 23.1. The third-order valence-corrected chi connectivity index (χ3v) is 4.39. The molecule has 3 rings (SSSR count). The molecule has 1 nitrogen and oxygen atoms in total. The van der Waals surface area contributed by atoms with Gasteiger partial charge in [-0.2, -0.15) is 0 Å². The predicted molar refractivity (Wildman–Crippen MR) is 74.3 cm³/mol. The Kier molecular flexibility index (Phi) is 2.60. The van der Waals surface area contributed by atoms with E-state index in [1.54, 1.807) is 11.3 Å². The summed E-state index contributed by atoms with van der Waals surface area (Å²) in [6, 6.07) is 13.3. The predicted octanol–water partition coefficient (Wildman–Crippen LogP) is 4.09. The number of rotatable bonds is 1. The Balaban J connectivity index is 2.19. The first-order chi connectivity index (χ1) is 8.27. The van der Waals surface area contributed by atoms with Gasteiger partial charge in [-0.05, 0) is 23.9 Å². The van der Waals surface area contributed by atoms with Gasteiger partial charge in [0.05, 0.1) is 16.6 Å². The molecule has 2 aromatic rings. The highest BCUT2D eigenvalue weighted by atomic mass is 32.1. The Morgan fingerprint density at radius 2 is 1.88 bits per heavy atom. The van der Waals surface area contributed by atoms with Crippen molar-refractivity contribution >= 4 is 17.0 Å². The second-order valence-corrected chi connectivity index (χ2v) is 5.52. The number of nitrogens with zero attached hydrogens (tertiary/aromatic N) is 1. The van der Waals surface area contributed by atoms with Crippen molar-refractivity contribution in [2.45, 2.75) is 25.8 Å². The molecule has 0 saturated heterocycles. The lowest BCUT2D eigenvalue weighted by molar-refractivity contribution is 0.606. The van der Waals surface area contributed by atoms with Gasteiger partial charge in [0.2, 0.25) is 0 Å². The fourth-order valence-electron chi connectivity index (χ4n) is 2.36. The van der Waals surface area contributed by atoms with Gasteiger partial charge in [-0.3, -0.25) is 4.99 Å². The van der Waals surface area contributed by atoms with Crippen molar-refractivity contribution in [3.63, 3.8) is 0 Å². The van der Waals surface area contributed by atoms with Crippen molar-refractivity contribution in [2.24, 2.45) is 4.99 Å². The lowest BCUT2D eigenvalue weighted by Gasteiger charge is -2.26. The van der Waals surface area contributed by atoms with E-state index >= 15 is 0 Å². The number of fused-ring (bicyclic) bond motifs is 1. The van der Waals surface area contributed by atoms with E-state index in [1.807, 2.05) is 0 Å². The maximum absolute atomic E-state index is 4.87. The smallest absolute Gasteiger partial charge is 0.0825 e. The summed E-state index contributed by atoms with van der Waals surface area (Å²) in [5.41, 5.74) is 3.90. The van der Waals surface area contributed by atoms with Crippen LogP contribution in [0.5, 0.6) is 0 Å². The summed E-state index contributed by atoms with van der Waals surface area (Å²) < 4.78 is 0. The highest BCUT2D eigenvalue weighted by molar-refractivity contribution is 7.12. The first-order valence-electron chi connectivity index (χ1n) is 5.98. The van der Waals surface area contributed by atoms with Crippen molar-refractivity contribution in [3.8, 4) is 0 Å². The van der Waals surface area contributed by atoms with E-state index in [-0.39, 0.29) is 0 Å². The standard InChI is InChI=1S/C15H15NS/c1-10-11(2)16-15(14-8-5-9-17-14)13-7-4-3-6-12(10)13/h3-11H,1-2H3. The van der Waals surface area contributed by atoms with E-state index < -0.39 is 0 Å². The van der Waals surface area contributed by atoms with Crippen LogP contribution in [0, 0.1) is 0 Å². The number of aliphatic imine (C=N–C) groups is 1. The fourth-order valence-corrected chi connectivity index (χ4v) is 3.10. The van der Waals surface area contributed by atoms with Gasteiger partial charge < -0.3 is 0 Å². The summed E-state index contributed by atoms with van der Waals surface area (Å²) in [4.78, 5) is 6.15. The summed E-state index contributed by atoms with van der Waals surface area (Å²) in [6.07, 6.45) is 0. The van der Waals surface area contributed by atoms with Gasteiger partial charge in [0.1, 0.15) is 0 Å². The zero-order chi connectivity index (χ0) is 11.8. The Morgan fingerprint density at radius 3 is 2.65 bits per heavy atom. The highest BCUT2D eigenvalue weighted by Crippen LogP contribution is 2.32. The van der Waals surface area contributed by atoms with Crippen LogP contribution in [0.2, 0.25) is 0 Å². The van der Waals surface area contributed by atoms with Crippen LogP contribution in [0.1, 0.15) is 35.8 Å². The zero-order valence-electron chi connectivity index (χ0n) is 10.1. The van der Waals surface area contributed by atoms with E-state index in [0.717, 1.165) is 0 Å². The molecule has 0 bridgehead atoms. The number of hydrogen-bond acceptors (Lipinski definition) is 2. The Morgan fingerprint density at radius 1 is 1.06 bits per heavy atom. The Labute approximate surface area is 106 Å². The van der Waals surface area contributed by atoms with Gasteiger partial charge in [-0.25, -0.2) is 0 Å². The van der Waals surface area contributed by atoms with Gasteiger partial charge >= 0.3 is 0 Å². The average Bonchev–Trinajstić information content (AvgIpc) is 2.87. The van der Waals surface area contributed by atoms with Gasteiger partial charge in [0.25, 0.3) is 0 Å². The molecule has 1 aromatic heterocycles. The van der Waals surface area contributed by atoms with Crippen LogP contribution in [-0.4, -0.2) is 11.8 Å². The van der Waals surface area contributed by atoms with Crippen molar-refractivity contribution in [1.29, 1.82) is 0 Å². The quantitative estimate of drug-likeness (QED) is 0.713. The van der Waals surface area contributed by atoms with Crippen molar-refractivity contribution in [2.75, 3.05) is 0 Å². The van der Waals surface area contributed by atoms with Crippen LogP contribution in [-0.2, 0) is 0 Å². The molecule has 2 heterocycles. The summed E-state index contributed by atoms with van der Waals surface area (Å²) in [5, 5.41) is 2.11. The average molecular weight is 241 g/mol. The van der Waals surface area contributed by atoms with Gasteiger partial charge in [0.15, 0.2) is 0 Å². The second-order valence-electron chi connectivity index (χ2n) is 4.57. The number of benzene rings is 1. The van der Waals surface area contributed by atoms with Crippen LogP contribution < -0.4 is 0 Å². The minimum Gasteiger partial charge on any atom is -0.280 e. The molecule has 86 valence electrons. The molecular weight excluding hydrogens is 226 g/mol. The summed E-state index contributed by atoms with van der Waals surface area (Å²) in [7, 11) is 0. The van der Waals surface area contributed by atoms with Crippen molar-refractivity contribution < 1.29 is 0 Å². The molecule has 2 atom stereocenters. The van der Waals surface area contributed by atoms with Crippen LogP contribution in [0.3, 0.4) is 0 Å². The number of hydrogen-bond donors (Lipinski definition) is 0. The SMILES string of the molecule is CC1N=C(c2cccs2)c2ccccc2C1C. The van der Waals surface area contributed by atoms with Gasteiger partial charge in [0, 0.05) is 11.5 Å². The third kappa shape index (κ3) is 1.73. The first-order valence-corrected chi connectivity index (χ1v) is 6.86. The summed E-state index contributed by atoms with van der Waals surface area (Å²) >= 11 is 1.77. The molecule has 0 spiro atoms. The maximum Gasteiger partial charge on any atom is 0.0825 e. The molecule has 0 amide bonds. The molecule has 0 N–H and O–H groups in total. The van der Waals surface area contributed by atoms with Gasteiger partial charge in [-0.15, -0.1) is 11.3 Å². The van der Waals surface area contributed by atoms with Crippen molar-refractivity contribution in [3.05, 3.63) is 57.8 Å². The topological polar surface area (TPSA) is 12.4 Å². The Bertz CT molecular complexity index is 554. The first kappa shape index (κ1) is 10.7. The monoisotopic (exact) mass is 241 g/mol. The van der Waals surface area contributed by atoms with Gasteiger partial charge in [-0.1, -0.05) is 37.3 Å². The molecule has 0 fully saturated rings. The largest absolute Gasteiger partial charge is 0.280 e. The zero-order valence-corrected chi connectivity index (χ0v) is 10.9. The molecule has 17 heavy (non-hydrogen) atoms. The molecule has 1 aromatic carbocycles. The van der Waals surface area contributed by atoms with E-state index in [1.165, 1.54) is 21.7 Å². The highest BCUT2D eigenvalue weighted by Gasteiger charge is 2.25. The second kappa shape index (κ2) is 4.11. The third-order valence-electron chi connectivity index (χ3n) is 3.52. The van der Waals surface area contributed by atoms with Crippen molar-refractivity contribution in [1.82, 2.24) is 0 Å². The van der Waals surface area contributed by atoms with E-state index in [9.17, 15) is 0 Å². The molecule has 0 aliphatic carbocycles. The molecule has 2 heteroatoms. The van der Waals surface area contributed by atoms with Crippen LogP contribution in [0.4, 0.5) is 0 Å². The maximum atomic E-state index is 4.87. The summed E-state index contributed by atoms with van der Waals surface area (Å²) in [6.45, 7) is 4.46. The fraction of sp³-hybridized carbons (Fsp3) is 0.267. The van der Waals surface area contributed by atoms with E-state index in [4.69, 9.17) is 4.99 Å². The number of thiophene rings is 1. The molecule has 0 radical (unpaired) electrons. The van der Waals surface area contributed by atoms with Crippen LogP contribution in [0.25, 0.3) is 0 Å². The van der Waals surface area contributed by atoms with E-state index in [0.29, 0.717) is 12.0 Å². The molecule has 2 unspecified atom stereocenters. The molecule has 1 aliphatic rings. The minimum absolute atomic E-state index is 0.363. The summed E-state index contributed by atoms with van der Waals surface area (Å²) in [5.74, 6) is 0.509. The van der Waals surface area contributed by atoms with Crippen LogP contribution in [0.15, 0.2) is 46.8 Å². The molecule has 1 aliphatic heterocycles.